The van der Waals surface area contributed by atoms with Crippen LogP contribution < -0.4 is 11.1 Å². The maximum Gasteiger partial charge on any atom is 0.337 e. The zero-order valence-electron chi connectivity index (χ0n) is 24.3. The van der Waals surface area contributed by atoms with Gasteiger partial charge in [-0.25, -0.2) is 14.8 Å². The number of nitrogens with two attached hydrogens (primary N) is 1. The molecular weight excluding hydrogens is 498 g/mol. The van der Waals surface area contributed by atoms with Gasteiger partial charge in [0.1, 0.15) is 17.8 Å². The molecule has 0 unspecified atom stereocenters. The molecule has 40 heavy (non-hydrogen) atoms. The fraction of sp³-hybridized carbons (Fsp3) is 0.242. The van der Waals surface area contributed by atoms with Crippen LogP contribution in [0.4, 0.5) is 5.82 Å². The van der Waals surface area contributed by atoms with E-state index in [0.717, 1.165) is 28.1 Å². The number of methoxy groups -OCH3 is 1. The standard InChI is InChI=1S/C22H20N4O2.C7H9N.2C2H6/c1-14(15-6-4-3-5-7-15)25-20-18-12-19(26-21(18)24-13-23-20)16-8-10-17(11-9-16)22(27)28-2;8-6-7-4-2-1-3-5-7;2*1-2/h3-14H,1-2H3,(H2,23,24,25,26);1-5H,6,8H2;2*1-2H3/t14-;;;/m1.../s1. The highest BCUT2D eigenvalue weighted by Crippen LogP contribution is 2.29. The number of anilines is 1. The van der Waals surface area contributed by atoms with Crippen LogP contribution in [0.3, 0.4) is 0 Å². The maximum absolute atomic E-state index is 11.6. The molecule has 0 fully saturated rings. The molecule has 7 nitrogen and oxygen atoms in total. The lowest BCUT2D eigenvalue weighted by Gasteiger charge is -2.15. The van der Waals surface area contributed by atoms with E-state index < -0.39 is 0 Å². The van der Waals surface area contributed by atoms with Crippen LogP contribution in [0.1, 0.15) is 62.1 Å². The van der Waals surface area contributed by atoms with Crippen molar-refractivity contribution in [2.45, 2.75) is 47.2 Å². The summed E-state index contributed by atoms with van der Waals surface area (Å²) in [5.74, 6) is 0.422. The number of rotatable bonds is 6. The van der Waals surface area contributed by atoms with Gasteiger partial charge in [-0.2, -0.15) is 0 Å². The first kappa shape index (κ1) is 31.7. The Hall–Kier alpha value is -4.49. The second-order valence-corrected chi connectivity index (χ2v) is 8.20. The van der Waals surface area contributed by atoms with Gasteiger partial charge in [-0.05, 0) is 41.8 Å². The zero-order chi connectivity index (χ0) is 29.3. The summed E-state index contributed by atoms with van der Waals surface area (Å²) in [4.78, 5) is 23.7. The molecule has 2 heterocycles. The third-order valence-corrected chi connectivity index (χ3v) is 5.77. The molecule has 5 aromatic rings. The summed E-state index contributed by atoms with van der Waals surface area (Å²) in [6.07, 6.45) is 1.54. The number of hydrogen-bond acceptors (Lipinski definition) is 6. The number of esters is 1. The molecule has 0 aliphatic carbocycles. The van der Waals surface area contributed by atoms with Gasteiger partial charge < -0.3 is 20.8 Å². The molecule has 5 rings (SSSR count). The second kappa shape index (κ2) is 17.2. The predicted molar refractivity (Wildman–Crippen MR) is 166 cm³/mol. The summed E-state index contributed by atoms with van der Waals surface area (Å²) >= 11 is 0. The van der Waals surface area contributed by atoms with Gasteiger partial charge in [-0.1, -0.05) is 100 Å². The van der Waals surface area contributed by atoms with Crippen molar-refractivity contribution in [2.24, 2.45) is 5.73 Å². The van der Waals surface area contributed by atoms with Crippen LogP contribution in [0, 0.1) is 0 Å². The minimum atomic E-state index is -0.351. The highest BCUT2D eigenvalue weighted by Gasteiger charge is 2.13. The van der Waals surface area contributed by atoms with Gasteiger partial charge in [-0.3, -0.25) is 0 Å². The van der Waals surface area contributed by atoms with Crippen molar-refractivity contribution in [3.8, 4) is 11.3 Å². The van der Waals surface area contributed by atoms with Crippen LogP contribution in [0.25, 0.3) is 22.3 Å². The number of carbonyl (C=O) groups is 1. The average Bonchev–Trinajstić information content (AvgIpc) is 3.49. The SMILES string of the molecule is CC.CC.COC(=O)c1ccc(-c2cc3c(N[C@H](C)c4ccccc4)ncnc3[nH]2)cc1.NCc1ccccc1. The number of fused-ring (bicyclic) bond motifs is 1. The van der Waals surface area contributed by atoms with Crippen LogP contribution in [-0.2, 0) is 11.3 Å². The highest BCUT2D eigenvalue weighted by atomic mass is 16.5. The van der Waals surface area contributed by atoms with E-state index in [0.29, 0.717) is 12.1 Å². The number of benzene rings is 3. The predicted octanol–water partition coefficient (Wildman–Crippen LogP) is 7.78. The van der Waals surface area contributed by atoms with Gasteiger partial charge >= 0.3 is 5.97 Å². The van der Waals surface area contributed by atoms with Crippen LogP contribution in [0.15, 0.2) is 97.3 Å². The summed E-state index contributed by atoms with van der Waals surface area (Å²) in [6, 6.07) is 29.6. The molecule has 0 aliphatic rings. The fourth-order valence-electron chi connectivity index (χ4n) is 3.76. The molecule has 0 aliphatic heterocycles. The number of nitrogens with zero attached hydrogens (tertiary/aromatic N) is 2. The Kier molecular flexibility index (Phi) is 13.6. The summed E-state index contributed by atoms with van der Waals surface area (Å²) in [5.41, 5.74) is 10.8. The van der Waals surface area contributed by atoms with Crippen LogP contribution >= 0.6 is 0 Å². The molecule has 0 saturated carbocycles. The van der Waals surface area contributed by atoms with Gasteiger partial charge in [0, 0.05) is 18.3 Å². The van der Waals surface area contributed by atoms with Crippen molar-refractivity contribution in [2.75, 3.05) is 12.4 Å². The van der Waals surface area contributed by atoms with E-state index in [9.17, 15) is 4.79 Å². The van der Waals surface area contributed by atoms with Crippen molar-refractivity contribution < 1.29 is 9.53 Å². The van der Waals surface area contributed by atoms with E-state index in [-0.39, 0.29) is 12.0 Å². The Labute approximate surface area is 237 Å². The first-order valence-electron chi connectivity index (χ1n) is 13.7. The molecule has 1 atom stereocenters. The van der Waals surface area contributed by atoms with Crippen molar-refractivity contribution in [3.05, 3.63) is 114 Å². The summed E-state index contributed by atoms with van der Waals surface area (Å²) in [7, 11) is 1.37. The maximum atomic E-state index is 11.6. The lowest BCUT2D eigenvalue weighted by Crippen LogP contribution is -2.08. The van der Waals surface area contributed by atoms with Gasteiger partial charge in [0.15, 0.2) is 0 Å². The quantitative estimate of drug-likeness (QED) is 0.190. The number of ether oxygens (including phenoxy) is 1. The normalized spacial score (nSPS) is 10.5. The Morgan fingerprint density at radius 3 is 2.05 bits per heavy atom. The molecule has 3 aromatic carbocycles. The Balaban J connectivity index is 0.000000394. The zero-order valence-corrected chi connectivity index (χ0v) is 24.3. The number of carbonyl (C=O) groups excluding carboxylic acids is 1. The van der Waals surface area contributed by atoms with Crippen LogP contribution in [0.2, 0.25) is 0 Å². The van der Waals surface area contributed by atoms with Crippen molar-refractivity contribution >= 4 is 22.8 Å². The third kappa shape index (κ3) is 8.78. The molecule has 0 radical (unpaired) electrons. The van der Waals surface area contributed by atoms with Crippen molar-refractivity contribution in [1.82, 2.24) is 15.0 Å². The average molecular weight is 540 g/mol. The monoisotopic (exact) mass is 539 g/mol. The number of aromatic amines is 1. The van der Waals surface area contributed by atoms with Crippen molar-refractivity contribution in [1.29, 1.82) is 0 Å². The van der Waals surface area contributed by atoms with E-state index in [1.807, 2.05) is 94.4 Å². The molecule has 4 N–H and O–H groups in total. The molecular formula is C33H41N5O2. The molecule has 0 spiro atoms. The number of aromatic nitrogens is 3. The van der Waals surface area contributed by atoms with Gasteiger partial charge in [-0.15, -0.1) is 0 Å². The Morgan fingerprint density at radius 2 is 1.50 bits per heavy atom. The minimum Gasteiger partial charge on any atom is -0.465 e. The first-order chi connectivity index (χ1) is 19.6. The van der Waals surface area contributed by atoms with E-state index in [4.69, 9.17) is 10.5 Å². The molecule has 0 bridgehead atoms. The fourth-order valence-corrected chi connectivity index (χ4v) is 3.76. The topological polar surface area (TPSA) is 106 Å². The van der Waals surface area contributed by atoms with E-state index >= 15 is 0 Å². The highest BCUT2D eigenvalue weighted by molar-refractivity contribution is 5.93. The third-order valence-electron chi connectivity index (χ3n) is 5.77. The number of nitrogens with one attached hydrogen (secondary N) is 2. The summed E-state index contributed by atoms with van der Waals surface area (Å²) in [5, 5.41) is 4.38. The second-order valence-electron chi connectivity index (χ2n) is 8.20. The van der Waals surface area contributed by atoms with Gasteiger partial charge in [0.25, 0.3) is 0 Å². The lowest BCUT2D eigenvalue weighted by atomic mass is 10.1. The van der Waals surface area contributed by atoms with E-state index in [1.165, 1.54) is 18.2 Å². The number of H-pyrrole nitrogens is 1. The molecule has 0 saturated heterocycles. The molecule has 0 amide bonds. The van der Waals surface area contributed by atoms with Gasteiger partial charge in [0.05, 0.1) is 18.1 Å². The van der Waals surface area contributed by atoms with E-state index in [2.05, 4.69) is 39.3 Å². The lowest BCUT2D eigenvalue weighted by molar-refractivity contribution is 0.0600. The minimum absolute atomic E-state index is 0.108. The molecule has 210 valence electrons. The van der Waals surface area contributed by atoms with Crippen LogP contribution in [-0.4, -0.2) is 28.0 Å². The summed E-state index contributed by atoms with van der Waals surface area (Å²) in [6.45, 7) is 10.7. The molecule has 7 heteroatoms. The summed E-state index contributed by atoms with van der Waals surface area (Å²) < 4.78 is 4.75. The smallest absolute Gasteiger partial charge is 0.337 e. The first-order valence-corrected chi connectivity index (χ1v) is 13.7. The number of hydrogen-bond donors (Lipinski definition) is 3. The largest absolute Gasteiger partial charge is 0.465 e. The van der Waals surface area contributed by atoms with Crippen molar-refractivity contribution in [3.63, 3.8) is 0 Å². The molecule has 2 aromatic heterocycles. The Bertz CT molecular complexity index is 1400. The van der Waals surface area contributed by atoms with E-state index in [1.54, 1.807) is 18.5 Å². The van der Waals surface area contributed by atoms with Gasteiger partial charge in [0.2, 0.25) is 0 Å². The Morgan fingerprint density at radius 1 is 0.900 bits per heavy atom. The van der Waals surface area contributed by atoms with Crippen LogP contribution in [0.5, 0.6) is 0 Å².